The lowest BCUT2D eigenvalue weighted by molar-refractivity contribution is 0.638. The number of fused-ring (bicyclic) bond motifs is 1. The molecule has 0 saturated heterocycles. The molecule has 3 aromatic rings. The summed E-state index contributed by atoms with van der Waals surface area (Å²) in [5.74, 6) is 0.246. The number of rotatable bonds is 2. The van der Waals surface area contributed by atoms with Crippen LogP contribution in [0.5, 0.6) is 0 Å². The molecule has 1 aromatic carbocycles. The van der Waals surface area contributed by atoms with Gasteiger partial charge in [-0.05, 0) is 24.1 Å². The Balaban J connectivity index is 2.27. The van der Waals surface area contributed by atoms with Crippen molar-refractivity contribution in [2.24, 2.45) is 0 Å². The molecular formula is C15H15N3O. The van der Waals surface area contributed by atoms with Crippen LogP contribution in [0.2, 0.25) is 0 Å². The first-order chi connectivity index (χ1) is 9.20. The van der Waals surface area contributed by atoms with Crippen LogP contribution >= 0.6 is 0 Å². The second kappa shape index (κ2) is 4.31. The molecule has 3 rings (SSSR count). The smallest absolute Gasteiger partial charge is 0.214 e. The zero-order valence-corrected chi connectivity index (χ0v) is 10.7. The first kappa shape index (κ1) is 11.6. The molecule has 2 aromatic heterocycles. The van der Waals surface area contributed by atoms with Crippen molar-refractivity contribution in [3.05, 3.63) is 42.1 Å². The fourth-order valence-corrected chi connectivity index (χ4v) is 2.21. The van der Waals surface area contributed by atoms with Gasteiger partial charge in [-0.1, -0.05) is 25.1 Å². The lowest BCUT2D eigenvalue weighted by Crippen LogP contribution is -1.89. The van der Waals surface area contributed by atoms with Crippen LogP contribution in [-0.2, 0) is 6.42 Å². The number of benzene rings is 1. The molecule has 0 radical (unpaired) electrons. The molecule has 96 valence electrons. The number of hydrogen-bond acceptors (Lipinski definition) is 4. The minimum absolute atomic E-state index is 0.246. The molecule has 0 spiro atoms. The quantitative estimate of drug-likeness (QED) is 0.735. The fourth-order valence-electron chi connectivity index (χ4n) is 2.21. The Morgan fingerprint density at radius 1 is 1.21 bits per heavy atom. The molecule has 2 heterocycles. The third kappa shape index (κ3) is 1.81. The van der Waals surface area contributed by atoms with E-state index in [1.54, 1.807) is 6.20 Å². The minimum atomic E-state index is 0.246. The molecule has 0 bridgehead atoms. The van der Waals surface area contributed by atoms with Crippen LogP contribution in [0.15, 0.2) is 40.9 Å². The molecule has 0 saturated carbocycles. The molecule has 19 heavy (non-hydrogen) atoms. The number of hydrogen-bond donors (Lipinski definition) is 2. The second-order valence-corrected chi connectivity index (χ2v) is 4.47. The van der Waals surface area contributed by atoms with E-state index < -0.39 is 0 Å². The second-order valence-electron chi connectivity index (χ2n) is 4.47. The van der Waals surface area contributed by atoms with Crippen molar-refractivity contribution in [1.82, 2.24) is 4.98 Å². The SMILES string of the molecule is CCc1cccc(-c2nccc3c(N)c(N)oc23)c1. The number of nitrogens with zero attached hydrogens (tertiary/aromatic N) is 1. The number of nitrogen functional groups attached to an aromatic ring is 2. The standard InChI is InChI=1S/C15H15N3O/c1-2-9-4-3-5-10(8-9)13-14-11(6-7-18-13)12(16)15(17)19-14/h3-8H,2,16-17H2,1H3. The van der Waals surface area contributed by atoms with Crippen LogP contribution in [0.25, 0.3) is 22.2 Å². The third-order valence-electron chi connectivity index (χ3n) is 3.28. The average molecular weight is 253 g/mol. The summed E-state index contributed by atoms with van der Waals surface area (Å²) in [6.45, 7) is 2.12. The Morgan fingerprint density at radius 3 is 2.84 bits per heavy atom. The summed E-state index contributed by atoms with van der Waals surface area (Å²) in [6, 6.07) is 10.0. The maximum atomic E-state index is 5.89. The maximum absolute atomic E-state index is 5.89. The number of nitrogens with two attached hydrogens (primary N) is 2. The number of anilines is 2. The Kier molecular flexibility index (Phi) is 2.63. The summed E-state index contributed by atoms with van der Waals surface area (Å²) in [5, 5.41) is 0.810. The Morgan fingerprint density at radius 2 is 2.05 bits per heavy atom. The van der Waals surface area contributed by atoms with E-state index in [0.717, 1.165) is 23.1 Å². The van der Waals surface area contributed by atoms with E-state index in [0.29, 0.717) is 11.3 Å². The normalized spacial score (nSPS) is 11.0. The van der Waals surface area contributed by atoms with Crippen molar-refractivity contribution >= 4 is 22.5 Å². The molecule has 0 aliphatic carbocycles. The summed E-state index contributed by atoms with van der Waals surface area (Å²) >= 11 is 0. The van der Waals surface area contributed by atoms with Gasteiger partial charge in [0, 0.05) is 17.1 Å². The molecule has 4 nitrogen and oxygen atoms in total. The van der Waals surface area contributed by atoms with E-state index in [2.05, 4.69) is 24.0 Å². The van der Waals surface area contributed by atoms with Gasteiger partial charge in [0.05, 0.1) is 0 Å². The van der Waals surface area contributed by atoms with E-state index in [9.17, 15) is 0 Å². The van der Waals surface area contributed by atoms with Gasteiger partial charge in [0.25, 0.3) is 0 Å². The molecule has 0 aliphatic heterocycles. The van der Waals surface area contributed by atoms with Crippen molar-refractivity contribution in [1.29, 1.82) is 0 Å². The van der Waals surface area contributed by atoms with Gasteiger partial charge in [-0.15, -0.1) is 0 Å². The van der Waals surface area contributed by atoms with Crippen LogP contribution in [-0.4, -0.2) is 4.98 Å². The topological polar surface area (TPSA) is 78.1 Å². The van der Waals surface area contributed by atoms with Crippen molar-refractivity contribution in [2.75, 3.05) is 11.5 Å². The Hall–Kier alpha value is -2.49. The first-order valence-electron chi connectivity index (χ1n) is 6.22. The molecule has 0 aliphatic rings. The number of aromatic nitrogens is 1. The highest BCUT2D eigenvalue weighted by molar-refractivity contribution is 6.01. The molecule has 0 fully saturated rings. The molecule has 0 unspecified atom stereocenters. The summed E-state index contributed by atoms with van der Waals surface area (Å²) in [4.78, 5) is 4.40. The van der Waals surface area contributed by atoms with E-state index in [4.69, 9.17) is 15.9 Å². The van der Waals surface area contributed by atoms with Crippen LogP contribution in [0.3, 0.4) is 0 Å². The highest BCUT2D eigenvalue weighted by Crippen LogP contribution is 2.35. The molecule has 0 amide bonds. The number of aryl methyl sites for hydroxylation is 1. The minimum Gasteiger partial charge on any atom is -0.436 e. The highest BCUT2D eigenvalue weighted by atomic mass is 16.3. The molecular weight excluding hydrogens is 238 g/mol. The summed E-state index contributed by atoms with van der Waals surface area (Å²) in [6.07, 6.45) is 2.70. The van der Waals surface area contributed by atoms with E-state index in [-0.39, 0.29) is 5.88 Å². The van der Waals surface area contributed by atoms with Gasteiger partial charge in [0.15, 0.2) is 5.58 Å². The van der Waals surface area contributed by atoms with Gasteiger partial charge in [0.1, 0.15) is 11.4 Å². The summed E-state index contributed by atoms with van der Waals surface area (Å²) in [7, 11) is 0. The molecule has 0 atom stereocenters. The third-order valence-corrected chi connectivity index (χ3v) is 3.28. The monoisotopic (exact) mass is 253 g/mol. The predicted molar refractivity (Wildman–Crippen MR) is 77.6 cm³/mol. The van der Waals surface area contributed by atoms with Crippen LogP contribution in [0.1, 0.15) is 12.5 Å². The fraction of sp³-hybridized carbons (Fsp3) is 0.133. The molecule has 4 N–H and O–H groups in total. The van der Waals surface area contributed by atoms with Gasteiger partial charge < -0.3 is 15.9 Å². The highest BCUT2D eigenvalue weighted by Gasteiger charge is 2.14. The predicted octanol–water partition coefficient (Wildman–Crippen LogP) is 3.22. The van der Waals surface area contributed by atoms with Gasteiger partial charge >= 0.3 is 0 Å². The van der Waals surface area contributed by atoms with Gasteiger partial charge in [0.2, 0.25) is 5.88 Å². The lowest BCUT2D eigenvalue weighted by Gasteiger charge is -2.03. The van der Waals surface area contributed by atoms with Crippen molar-refractivity contribution in [3.63, 3.8) is 0 Å². The Labute approximate surface area is 111 Å². The van der Waals surface area contributed by atoms with Crippen molar-refractivity contribution in [2.45, 2.75) is 13.3 Å². The average Bonchev–Trinajstić information content (AvgIpc) is 2.74. The number of pyridine rings is 1. The summed E-state index contributed by atoms with van der Waals surface area (Å²) in [5.41, 5.74) is 15.8. The van der Waals surface area contributed by atoms with Crippen molar-refractivity contribution < 1.29 is 4.42 Å². The number of furan rings is 1. The van der Waals surface area contributed by atoms with Crippen molar-refractivity contribution in [3.8, 4) is 11.3 Å². The zero-order chi connectivity index (χ0) is 13.4. The van der Waals surface area contributed by atoms with Gasteiger partial charge in [-0.2, -0.15) is 0 Å². The van der Waals surface area contributed by atoms with E-state index in [1.807, 2.05) is 18.2 Å². The van der Waals surface area contributed by atoms with E-state index >= 15 is 0 Å². The van der Waals surface area contributed by atoms with Crippen LogP contribution in [0, 0.1) is 0 Å². The maximum Gasteiger partial charge on any atom is 0.214 e. The van der Waals surface area contributed by atoms with Crippen LogP contribution in [0.4, 0.5) is 11.6 Å². The van der Waals surface area contributed by atoms with E-state index in [1.165, 1.54) is 5.56 Å². The van der Waals surface area contributed by atoms with Crippen LogP contribution < -0.4 is 11.5 Å². The van der Waals surface area contributed by atoms with Gasteiger partial charge in [-0.3, -0.25) is 4.98 Å². The Bertz CT molecular complexity index is 746. The largest absolute Gasteiger partial charge is 0.436 e. The lowest BCUT2D eigenvalue weighted by atomic mass is 10.0. The zero-order valence-electron chi connectivity index (χ0n) is 10.7. The summed E-state index contributed by atoms with van der Waals surface area (Å²) < 4.78 is 5.55. The molecule has 4 heteroatoms. The van der Waals surface area contributed by atoms with Gasteiger partial charge in [-0.25, -0.2) is 0 Å². The first-order valence-corrected chi connectivity index (χ1v) is 6.22.